The molecule has 7 heteroatoms. The van der Waals surface area contributed by atoms with Gasteiger partial charge in [-0.05, 0) is 42.3 Å². The zero-order chi connectivity index (χ0) is 20.9. The van der Waals surface area contributed by atoms with Crippen molar-refractivity contribution in [2.75, 3.05) is 26.8 Å². The molecule has 1 amide bonds. The molecule has 0 saturated heterocycles. The van der Waals surface area contributed by atoms with Crippen LogP contribution in [0.5, 0.6) is 0 Å². The van der Waals surface area contributed by atoms with Gasteiger partial charge in [-0.2, -0.15) is 0 Å². The van der Waals surface area contributed by atoms with Gasteiger partial charge in [0, 0.05) is 50.3 Å². The number of nitrogens with zero attached hydrogens (tertiary/aromatic N) is 2. The average molecular weight is 428 g/mol. The maximum absolute atomic E-state index is 12.3. The topological polar surface area (TPSA) is 59.6 Å². The van der Waals surface area contributed by atoms with Crippen LogP contribution in [-0.4, -0.2) is 42.2 Å². The summed E-state index contributed by atoms with van der Waals surface area (Å²) in [5, 5.41) is 3.60. The van der Waals surface area contributed by atoms with E-state index < -0.39 is 0 Å². The third-order valence-electron chi connectivity index (χ3n) is 5.39. The lowest BCUT2D eigenvalue weighted by atomic mass is 9.99. The highest BCUT2D eigenvalue weighted by Crippen LogP contribution is 2.36. The van der Waals surface area contributed by atoms with E-state index in [9.17, 15) is 4.79 Å². The highest BCUT2D eigenvalue weighted by atomic mass is 35.5. The van der Waals surface area contributed by atoms with E-state index >= 15 is 0 Å². The molecule has 1 unspecified atom stereocenters. The highest BCUT2D eigenvalue weighted by Gasteiger charge is 2.30. The number of rotatable bonds is 8. The molecule has 1 N–H and O–H groups in total. The second kappa shape index (κ2) is 9.51. The molecule has 1 aliphatic rings. The van der Waals surface area contributed by atoms with Crippen LogP contribution in [0.3, 0.4) is 0 Å². The van der Waals surface area contributed by atoms with E-state index in [2.05, 4.69) is 39.2 Å². The second-order valence-corrected chi connectivity index (χ2v) is 7.80. The molecule has 30 heavy (non-hydrogen) atoms. The fourth-order valence-electron chi connectivity index (χ4n) is 3.95. The van der Waals surface area contributed by atoms with Crippen LogP contribution in [0.25, 0.3) is 0 Å². The number of halogens is 1. The van der Waals surface area contributed by atoms with Crippen LogP contribution in [0.2, 0.25) is 5.02 Å². The number of methoxy groups -OCH3 is 1. The van der Waals surface area contributed by atoms with Gasteiger partial charge >= 0.3 is 0 Å². The highest BCUT2D eigenvalue weighted by molar-refractivity contribution is 6.31. The lowest BCUT2D eigenvalue weighted by Gasteiger charge is -2.37. The fraction of sp³-hybridized carbons (Fsp3) is 0.348. The van der Waals surface area contributed by atoms with Crippen molar-refractivity contribution in [1.29, 1.82) is 0 Å². The summed E-state index contributed by atoms with van der Waals surface area (Å²) in [5.41, 5.74) is 2.28. The van der Waals surface area contributed by atoms with Gasteiger partial charge in [-0.1, -0.05) is 29.8 Å². The van der Waals surface area contributed by atoms with Crippen molar-refractivity contribution in [3.63, 3.8) is 0 Å². The zero-order valence-electron chi connectivity index (χ0n) is 17.0. The first-order valence-corrected chi connectivity index (χ1v) is 10.5. The summed E-state index contributed by atoms with van der Waals surface area (Å²) in [5.74, 6) is 0.888. The van der Waals surface area contributed by atoms with Crippen molar-refractivity contribution >= 4 is 17.5 Å². The van der Waals surface area contributed by atoms with Crippen molar-refractivity contribution in [2.45, 2.75) is 25.6 Å². The van der Waals surface area contributed by atoms with E-state index in [-0.39, 0.29) is 11.9 Å². The number of nitrogens with one attached hydrogen (secondary N) is 1. The molecule has 2 aromatic heterocycles. The van der Waals surface area contributed by atoms with Gasteiger partial charge in [0.05, 0.1) is 12.6 Å². The first kappa shape index (κ1) is 20.7. The Labute approximate surface area is 181 Å². The monoisotopic (exact) mass is 427 g/mol. The quantitative estimate of drug-likeness (QED) is 0.550. The number of fused-ring (bicyclic) bond motifs is 1. The van der Waals surface area contributed by atoms with E-state index in [1.165, 1.54) is 5.69 Å². The van der Waals surface area contributed by atoms with Crippen LogP contribution < -0.4 is 5.32 Å². The molecule has 6 nitrogen and oxygen atoms in total. The molecule has 4 rings (SSSR count). The minimum Gasteiger partial charge on any atom is -0.455 e. The third kappa shape index (κ3) is 4.46. The van der Waals surface area contributed by atoms with Gasteiger partial charge in [0.15, 0.2) is 5.76 Å². The molecule has 0 spiro atoms. The van der Waals surface area contributed by atoms with Crippen LogP contribution in [0.4, 0.5) is 0 Å². The van der Waals surface area contributed by atoms with Gasteiger partial charge in [0.2, 0.25) is 0 Å². The van der Waals surface area contributed by atoms with Crippen molar-refractivity contribution in [1.82, 2.24) is 14.8 Å². The number of hydrogen-bond donors (Lipinski definition) is 1. The number of ether oxygens (including phenoxy) is 1. The van der Waals surface area contributed by atoms with E-state index in [0.29, 0.717) is 25.5 Å². The minimum absolute atomic E-state index is 0.0267. The van der Waals surface area contributed by atoms with Crippen molar-refractivity contribution in [3.05, 3.63) is 82.5 Å². The van der Waals surface area contributed by atoms with Crippen molar-refractivity contribution in [3.8, 4) is 0 Å². The second-order valence-electron chi connectivity index (χ2n) is 7.39. The van der Waals surface area contributed by atoms with Gasteiger partial charge in [0.25, 0.3) is 5.91 Å². The number of amides is 1. The first-order valence-electron chi connectivity index (χ1n) is 10.2. The number of benzene rings is 1. The summed E-state index contributed by atoms with van der Waals surface area (Å²) in [6.07, 6.45) is 2.87. The molecule has 0 saturated carbocycles. The Hall–Kier alpha value is -2.54. The van der Waals surface area contributed by atoms with Crippen molar-refractivity contribution < 1.29 is 13.9 Å². The Morgan fingerprint density at radius 2 is 2.07 bits per heavy atom. The molecule has 0 radical (unpaired) electrons. The number of furan rings is 1. The summed E-state index contributed by atoms with van der Waals surface area (Å²) in [6.45, 7) is 3.52. The Morgan fingerprint density at radius 3 is 2.90 bits per heavy atom. The van der Waals surface area contributed by atoms with E-state index in [1.807, 2.05) is 24.3 Å². The SMILES string of the molecule is COCCCNC(=O)c1ccc(CN2CCn3cccc3C2c2ccccc2Cl)o1. The van der Waals surface area contributed by atoms with E-state index in [1.54, 1.807) is 13.2 Å². The molecule has 1 aliphatic heterocycles. The fourth-order valence-corrected chi connectivity index (χ4v) is 4.18. The molecule has 0 fully saturated rings. The smallest absolute Gasteiger partial charge is 0.286 e. The van der Waals surface area contributed by atoms with Gasteiger partial charge in [0.1, 0.15) is 5.76 Å². The summed E-state index contributed by atoms with van der Waals surface area (Å²) < 4.78 is 13.1. The van der Waals surface area contributed by atoms with Crippen LogP contribution in [0, 0.1) is 0 Å². The predicted molar refractivity (Wildman–Crippen MR) is 116 cm³/mol. The van der Waals surface area contributed by atoms with Crippen LogP contribution in [-0.2, 0) is 17.8 Å². The van der Waals surface area contributed by atoms with Crippen LogP contribution >= 0.6 is 11.6 Å². The average Bonchev–Trinajstić information content (AvgIpc) is 3.41. The molecular weight excluding hydrogens is 402 g/mol. The van der Waals surface area contributed by atoms with Gasteiger partial charge in [-0.3, -0.25) is 9.69 Å². The number of carbonyl (C=O) groups excluding carboxylic acids is 1. The van der Waals surface area contributed by atoms with E-state index in [0.717, 1.165) is 35.9 Å². The largest absolute Gasteiger partial charge is 0.455 e. The summed E-state index contributed by atoms with van der Waals surface area (Å²) >= 11 is 6.55. The molecule has 1 atom stereocenters. The number of aromatic nitrogens is 1. The Bertz CT molecular complexity index is 997. The molecule has 3 aromatic rings. The standard InChI is InChI=1S/C23H26ClN3O3/c1-29-15-5-11-25-23(28)21-10-9-17(30-21)16-27-14-13-26-12-4-8-20(26)22(27)18-6-2-3-7-19(18)24/h2-4,6-10,12,22H,5,11,13-16H2,1H3,(H,25,28). The molecule has 0 bridgehead atoms. The molecule has 3 heterocycles. The molecule has 158 valence electrons. The summed E-state index contributed by atoms with van der Waals surface area (Å²) in [6, 6.07) is 15.8. The Balaban J connectivity index is 1.51. The van der Waals surface area contributed by atoms with Crippen LogP contribution in [0.1, 0.15) is 40.0 Å². The van der Waals surface area contributed by atoms with Gasteiger partial charge in [-0.15, -0.1) is 0 Å². The molecule has 0 aliphatic carbocycles. The lowest BCUT2D eigenvalue weighted by molar-refractivity contribution is 0.0914. The van der Waals surface area contributed by atoms with Crippen molar-refractivity contribution in [2.24, 2.45) is 0 Å². The maximum Gasteiger partial charge on any atom is 0.286 e. The summed E-state index contributed by atoms with van der Waals surface area (Å²) in [4.78, 5) is 14.6. The third-order valence-corrected chi connectivity index (χ3v) is 5.74. The summed E-state index contributed by atoms with van der Waals surface area (Å²) in [7, 11) is 1.65. The number of carbonyl (C=O) groups is 1. The maximum atomic E-state index is 12.3. The molecule has 1 aromatic carbocycles. The van der Waals surface area contributed by atoms with Crippen LogP contribution in [0.15, 0.2) is 59.1 Å². The lowest BCUT2D eigenvalue weighted by Crippen LogP contribution is -2.38. The minimum atomic E-state index is -0.201. The first-order chi connectivity index (χ1) is 14.7. The Kier molecular flexibility index (Phi) is 6.57. The Morgan fingerprint density at radius 1 is 1.20 bits per heavy atom. The van der Waals surface area contributed by atoms with E-state index in [4.69, 9.17) is 20.8 Å². The number of hydrogen-bond acceptors (Lipinski definition) is 4. The normalized spacial score (nSPS) is 16.4. The zero-order valence-corrected chi connectivity index (χ0v) is 17.8. The van der Waals surface area contributed by atoms with Gasteiger partial charge < -0.3 is 19.0 Å². The van der Waals surface area contributed by atoms with Gasteiger partial charge in [-0.25, -0.2) is 0 Å². The molecular formula is C23H26ClN3O3. The predicted octanol–water partition coefficient (Wildman–Crippen LogP) is 4.11.